The fourth-order valence-electron chi connectivity index (χ4n) is 2.24. The zero-order chi connectivity index (χ0) is 13.2. The fraction of sp³-hybridized carbons (Fsp3) is 0.500. The van der Waals surface area contributed by atoms with Crippen molar-refractivity contribution in [2.75, 3.05) is 33.4 Å². The molecule has 1 N–H and O–H groups in total. The molecule has 0 bridgehead atoms. The number of fused-ring (bicyclic) bond motifs is 1. The number of hydrogen-bond donors (Lipinski definition) is 1. The van der Waals surface area contributed by atoms with Crippen molar-refractivity contribution in [3.63, 3.8) is 0 Å². The molecule has 0 aliphatic carbocycles. The second kappa shape index (κ2) is 6.31. The van der Waals surface area contributed by atoms with E-state index in [1.165, 1.54) is 6.07 Å². The minimum Gasteiger partial charge on any atom is -1.00 e. The maximum Gasteiger partial charge on any atom is 0.270 e. The number of aliphatic hydroxyl groups is 1. The van der Waals surface area contributed by atoms with Crippen molar-refractivity contribution < 1.29 is 36.2 Å². The summed E-state index contributed by atoms with van der Waals surface area (Å²) in [6, 6.07) is 4.68. The average Bonchev–Trinajstić information content (AvgIpc) is 2.46. The van der Waals surface area contributed by atoms with E-state index in [0.29, 0.717) is 29.9 Å². The molecule has 0 fully saturated rings. The first-order valence-corrected chi connectivity index (χ1v) is 5.89. The van der Waals surface area contributed by atoms with Crippen LogP contribution in [0.25, 0.3) is 0 Å². The van der Waals surface area contributed by atoms with Gasteiger partial charge in [0.1, 0.15) is 32.0 Å². The first-order valence-electron chi connectivity index (χ1n) is 5.89. The van der Waals surface area contributed by atoms with Gasteiger partial charge in [-0.3, -0.25) is 10.1 Å². The number of benzene rings is 1. The highest BCUT2D eigenvalue weighted by Crippen LogP contribution is 2.29. The molecule has 1 aromatic carbocycles. The van der Waals surface area contributed by atoms with Crippen LogP contribution in [0.1, 0.15) is 5.56 Å². The molecule has 0 saturated heterocycles. The normalized spacial score (nSPS) is 21.6. The van der Waals surface area contributed by atoms with Crippen LogP contribution < -0.4 is 21.7 Å². The number of non-ortho nitro benzene ring substituents is 1. The third-order valence-corrected chi connectivity index (χ3v) is 3.34. The van der Waals surface area contributed by atoms with Crippen molar-refractivity contribution in [3.05, 3.63) is 33.9 Å². The van der Waals surface area contributed by atoms with Crippen LogP contribution in [0, 0.1) is 10.1 Å². The number of likely N-dealkylation sites (N-methyl/N-ethyl adjacent to an activating group) is 1. The van der Waals surface area contributed by atoms with Gasteiger partial charge in [0, 0.05) is 12.1 Å². The van der Waals surface area contributed by atoms with E-state index in [1.807, 2.05) is 7.05 Å². The molecule has 0 amide bonds. The van der Waals surface area contributed by atoms with Gasteiger partial charge in [-0.2, -0.15) is 0 Å². The maximum absolute atomic E-state index is 10.8. The van der Waals surface area contributed by atoms with Gasteiger partial charge in [-0.1, -0.05) is 0 Å². The van der Waals surface area contributed by atoms with Crippen LogP contribution in [-0.4, -0.2) is 47.9 Å². The maximum atomic E-state index is 10.8. The average molecular weight is 333 g/mol. The number of aliphatic hydroxyl groups excluding tert-OH is 1. The van der Waals surface area contributed by atoms with Crippen molar-refractivity contribution >= 4 is 5.69 Å². The predicted octanol–water partition coefficient (Wildman–Crippen LogP) is -2.07. The topological polar surface area (TPSA) is 72.6 Å². The van der Waals surface area contributed by atoms with Gasteiger partial charge in [-0.15, -0.1) is 0 Å². The molecule has 1 aliphatic rings. The van der Waals surface area contributed by atoms with Gasteiger partial charge in [-0.05, 0) is 6.07 Å². The van der Waals surface area contributed by atoms with Gasteiger partial charge in [-0.25, -0.2) is 0 Å². The molecular weight excluding hydrogens is 316 g/mol. The summed E-state index contributed by atoms with van der Waals surface area (Å²) in [5, 5.41) is 19.9. The van der Waals surface area contributed by atoms with Crippen molar-refractivity contribution in [1.82, 2.24) is 0 Å². The highest BCUT2D eigenvalue weighted by atomic mass is 79.9. The van der Waals surface area contributed by atoms with Crippen molar-refractivity contribution in [1.29, 1.82) is 0 Å². The molecule has 1 aromatic rings. The highest BCUT2D eigenvalue weighted by molar-refractivity contribution is 5.43. The number of nitro benzene ring substituents is 1. The van der Waals surface area contributed by atoms with Gasteiger partial charge in [0.25, 0.3) is 5.69 Å². The molecule has 2 rings (SSSR count). The first-order chi connectivity index (χ1) is 8.54. The Balaban J connectivity index is 0.00000180. The molecule has 1 unspecified atom stereocenters. The molecule has 0 spiro atoms. The summed E-state index contributed by atoms with van der Waals surface area (Å²) in [4.78, 5) is 10.4. The summed E-state index contributed by atoms with van der Waals surface area (Å²) in [5.74, 6) is 0.709. The number of nitro groups is 1. The Bertz CT molecular complexity index is 469. The Morgan fingerprint density at radius 2 is 2.26 bits per heavy atom. The number of quaternary nitrogens is 1. The summed E-state index contributed by atoms with van der Waals surface area (Å²) < 4.78 is 6.23. The molecule has 0 aromatic heterocycles. The van der Waals surface area contributed by atoms with Crippen LogP contribution in [0.5, 0.6) is 5.75 Å². The van der Waals surface area contributed by atoms with Gasteiger partial charge in [0.15, 0.2) is 0 Å². The largest absolute Gasteiger partial charge is 1.00 e. The Morgan fingerprint density at radius 3 is 2.89 bits per heavy atom. The molecule has 106 valence electrons. The standard InChI is InChI=1S/C12H17N2O4.BrH/c1-14(4-6-15)5-7-18-12-3-2-11(13(16)17)8-10(12)9-14;/h2-3,8,15H,4-7,9H2,1H3;1H/q+1;/p-1. The smallest absolute Gasteiger partial charge is 0.270 e. The first kappa shape index (κ1) is 15.9. The van der Waals surface area contributed by atoms with E-state index in [1.54, 1.807) is 12.1 Å². The van der Waals surface area contributed by atoms with Crippen LogP contribution in [0.3, 0.4) is 0 Å². The van der Waals surface area contributed by atoms with Crippen LogP contribution in [-0.2, 0) is 6.54 Å². The van der Waals surface area contributed by atoms with E-state index in [-0.39, 0.29) is 29.3 Å². The lowest BCUT2D eigenvalue weighted by Gasteiger charge is -2.31. The highest BCUT2D eigenvalue weighted by Gasteiger charge is 2.28. The molecule has 1 heterocycles. The Morgan fingerprint density at radius 1 is 1.53 bits per heavy atom. The lowest BCUT2D eigenvalue weighted by atomic mass is 10.1. The molecule has 7 heteroatoms. The van der Waals surface area contributed by atoms with Crippen LogP contribution in [0.15, 0.2) is 18.2 Å². The van der Waals surface area contributed by atoms with Crippen molar-refractivity contribution in [2.45, 2.75) is 6.54 Å². The molecule has 6 nitrogen and oxygen atoms in total. The van der Waals surface area contributed by atoms with Crippen LogP contribution in [0.4, 0.5) is 5.69 Å². The number of halogens is 1. The molecule has 1 aliphatic heterocycles. The van der Waals surface area contributed by atoms with Crippen molar-refractivity contribution in [3.8, 4) is 5.75 Å². The van der Waals surface area contributed by atoms with E-state index in [4.69, 9.17) is 9.84 Å². The number of ether oxygens (including phenoxy) is 1. The Labute approximate surface area is 122 Å². The summed E-state index contributed by atoms with van der Waals surface area (Å²) in [6.45, 7) is 2.69. The van der Waals surface area contributed by atoms with Crippen LogP contribution >= 0.6 is 0 Å². The second-order valence-electron chi connectivity index (χ2n) is 4.85. The number of hydrogen-bond acceptors (Lipinski definition) is 4. The molecule has 0 radical (unpaired) electrons. The SMILES string of the molecule is C[N+]1(CCO)CCOc2ccc([N+](=O)[O-])cc2C1.[Br-]. The monoisotopic (exact) mass is 332 g/mol. The van der Waals surface area contributed by atoms with E-state index in [2.05, 4.69) is 0 Å². The molecular formula is C12H17BrN2O4. The lowest BCUT2D eigenvalue weighted by molar-refractivity contribution is -0.921. The van der Waals surface area contributed by atoms with Crippen LogP contribution in [0.2, 0.25) is 0 Å². The van der Waals surface area contributed by atoms with Gasteiger partial charge in [0.05, 0.1) is 24.1 Å². The zero-order valence-electron chi connectivity index (χ0n) is 10.7. The van der Waals surface area contributed by atoms with Gasteiger partial charge < -0.3 is 31.3 Å². The minimum absolute atomic E-state index is 0. The third kappa shape index (κ3) is 3.65. The number of rotatable bonds is 3. The second-order valence-corrected chi connectivity index (χ2v) is 4.85. The predicted molar refractivity (Wildman–Crippen MR) is 65.3 cm³/mol. The summed E-state index contributed by atoms with van der Waals surface area (Å²) in [6.07, 6.45) is 0. The number of nitrogens with zero attached hydrogens (tertiary/aromatic N) is 2. The van der Waals surface area contributed by atoms with E-state index < -0.39 is 4.92 Å². The quantitative estimate of drug-likeness (QED) is 0.392. The fourth-order valence-corrected chi connectivity index (χ4v) is 2.24. The summed E-state index contributed by atoms with van der Waals surface area (Å²) in [7, 11) is 2.02. The van der Waals surface area contributed by atoms with E-state index in [0.717, 1.165) is 12.1 Å². The molecule has 0 saturated carbocycles. The molecule has 19 heavy (non-hydrogen) atoms. The summed E-state index contributed by atoms with van der Waals surface area (Å²) in [5.41, 5.74) is 0.910. The van der Waals surface area contributed by atoms with Crippen molar-refractivity contribution in [2.24, 2.45) is 0 Å². The molecule has 1 atom stereocenters. The Hall–Kier alpha value is -1.18. The van der Waals surface area contributed by atoms with E-state index >= 15 is 0 Å². The van der Waals surface area contributed by atoms with E-state index in [9.17, 15) is 10.1 Å². The Kier molecular flexibility index (Phi) is 5.28. The lowest BCUT2D eigenvalue weighted by Crippen LogP contribution is -3.00. The third-order valence-electron chi connectivity index (χ3n) is 3.34. The van der Waals surface area contributed by atoms with Gasteiger partial charge in [0.2, 0.25) is 0 Å². The van der Waals surface area contributed by atoms with Gasteiger partial charge >= 0.3 is 0 Å². The minimum atomic E-state index is -0.401. The zero-order valence-corrected chi connectivity index (χ0v) is 12.3. The summed E-state index contributed by atoms with van der Waals surface area (Å²) >= 11 is 0.